The quantitative estimate of drug-likeness (QED) is 0.855. The van der Waals surface area contributed by atoms with E-state index in [1.165, 1.54) is 22.7 Å². The first-order valence-corrected chi connectivity index (χ1v) is 6.34. The molecule has 0 amide bonds. The van der Waals surface area contributed by atoms with Gasteiger partial charge < -0.3 is 10.1 Å². The standard InChI is InChI=1S/C11H18N2OS/c1-8-6-13-11(15-8)9(2)12-7-10-4-3-5-14-10/h6,9-10,12H,3-5,7H2,1-2H3. The molecule has 4 heteroatoms. The third-order valence-electron chi connectivity index (χ3n) is 2.69. The van der Waals surface area contributed by atoms with Crippen molar-refractivity contribution in [2.75, 3.05) is 13.2 Å². The number of thiazole rings is 1. The Labute approximate surface area is 94.9 Å². The molecule has 0 bridgehead atoms. The van der Waals surface area contributed by atoms with Gasteiger partial charge in [0.1, 0.15) is 5.01 Å². The Bertz CT molecular complexity index is 307. The normalized spacial score (nSPS) is 23.2. The van der Waals surface area contributed by atoms with Crippen LogP contribution in [0.5, 0.6) is 0 Å². The minimum Gasteiger partial charge on any atom is -0.377 e. The van der Waals surface area contributed by atoms with Crippen molar-refractivity contribution in [2.24, 2.45) is 0 Å². The number of hydrogen-bond acceptors (Lipinski definition) is 4. The summed E-state index contributed by atoms with van der Waals surface area (Å²) in [5, 5.41) is 4.65. The first-order valence-electron chi connectivity index (χ1n) is 5.53. The predicted octanol–water partition coefficient (Wildman–Crippen LogP) is 2.28. The number of nitrogens with zero attached hydrogens (tertiary/aromatic N) is 1. The summed E-state index contributed by atoms with van der Waals surface area (Å²) in [6.07, 6.45) is 4.74. The Hall–Kier alpha value is -0.450. The van der Waals surface area contributed by atoms with Crippen LogP contribution in [0.1, 0.15) is 35.7 Å². The van der Waals surface area contributed by atoms with Crippen molar-refractivity contribution < 1.29 is 4.74 Å². The summed E-state index contributed by atoms with van der Waals surface area (Å²) in [5.74, 6) is 0. The second-order valence-electron chi connectivity index (χ2n) is 4.07. The van der Waals surface area contributed by atoms with E-state index in [1.807, 2.05) is 6.20 Å². The van der Waals surface area contributed by atoms with E-state index in [0.717, 1.165) is 13.2 Å². The van der Waals surface area contributed by atoms with Crippen molar-refractivity contribution in [3.8, 4) is 0 Å². The summed E-state index contributed by atoms with van der Waals surface area (Å²) in [6, 6.07) is 0.341. The van der Waals surface area contributed by atoms with Gasteiger partial charge in [-0.3, -0.25) is 0 Å². The largest absolute Gasteiger partial charge is 0.377 e. The highest BCUT2D eigenvalue weighted by Crippen LogP contribution is 2.19. The molecule has 3 nitrogen and oxygen atoms in total. The summed E-state index contributed by atoms with van der Waals surface area (Å²) in [4.78, 5) is 5.65. The summed E-state index contributed by atoms with van der Waals surface area (Å²) < 4.78 is 5.56. The molecule has 0 saturated carbocycles. The number of nitrogens with one attached hydrogen (secondary N) is 1. The molecule has 0 radical (unpaired) electrons. The van der Waals surface area contributed by atoms with Gasteiger partial charge in [0.25, 0.3) is 0 Å². The molecule has 84 valence electrons. The maximum absolute atomic E-state index is 5.56. The van der Waals surface area contributed by atoms with Crippen molar-refractivity contribution in [3.63, 3.8) is 0 Å². The molecule has 1 aromatic heterocycles. The first kappa shape index (κ1) is 11.0. The molecule has 2 unspecified atom stereocenters. The van der Waals surface area contributed by atoms with Crippen LogP contribution in [-0.4, -0.2) is 24.2 Å². The van der Waals surface area contributed by atoms with Crippen molar-refractivity contribution in [3.05, 3.63) is 16.1 Å². The van der Waals surface area contributed by atoms with Crippen LogP contribution in [0.3, 0.4) is 0 Å². The predicted molar refractivity (Wildman–Crippen MR) is 62.2 cm³/mol. The van der Waals surface area contributed by atoms with Gasteiger partial charge in [-0.15, -0.1) is 11.3 Å². The van der Waals surface area contributed by atoms with E-state index < -0.39 is 0 Å². The van der Waals surface area contributed by atoms with Crippen LogP contribution in [-0.2, 0) is 4.74 Å². The van der Waals surface area contributed by atoms with Crippen LogP contribution in [0.2, 0.25) is 0 Å². The number of ether oxygens (including phenoxy) is 1. The van der Waals surface area contributed by atoms with Gasteiger partial charge in [-0.2, -0.15) is 0 Å². The van der Waals surface area contributed by atoms with Crippen LogP contribution < -0.4 is 5.32 Å². The molecule has 1 fully saturated rings. The molecule has 2 rings (SSSR count). The number of rotatable bonds is 4. The zero-order valence-corrected chi connectivity index (χ0v) is 10.1. The molecule has 2 heterocycles. The van der Waals surface area contributed by atoms with E-state index in [-0.39, 0.29) is 0 Å². The van der Waals surface area contributed by atoms with Crippen molar-refractivity contribution in [2.45, 2.75) is 38.8 Å². The van der Waals surface area contributed by atoms with Gasteiger partial charge >= 0.3 is 0 Å². The highest BCUT2D eigenvalue weighted by Gasteiger charge is 2.17. The SMILES string of the molecule is Cc1cnc(C(C)NCC2CCCO2)s1. The van der Waals surface area contributed by atoms with Gasteiger partial charge in [-0.05, 0) is 26.7 Å². The zero-order chi connectivity index (χ0) is 10.7. The van der Waals surface area contributed by atoms with E-state index in [9.17, 15) is 0 Å². The van der Waals surface area contributed by atoms with E-state index in [1.54, 1.807) is 11.3 Å². The maximum Gasteiger partial charge on any atom is 0.109 e. The fraction of sp³-hybridized carbons (Fsp3) is 0.727. The molecule has 0 spiro atoms. The Balaban J connectivity index is 1.79. The Morgan fingerprint density at radius 2 is 2.60 bits per heavy atom. The average molecular weight is 226 g/mol. The summed E-state index contributed by atoms with van der Waals surface area (Å²) in [5.41, 5.74) is 0. The average Bonchev–Trinajstić information content (AvgIpc) is 2.84. The molecule has 1 N–H and O–H groups in total. The highest BCUT2D eigenvalue weighted by atomic mass is 32.1. The molecular weight excluding hydrogens is 208 g/mol. The van der Waals surface area contributed by atoms with E-state index >= 15 is 0 Å². The molecule has 2 atom stereocenters. The van der Waals surface area contributed by atoms with Gasteiger partial charge in [-0.1, -0.05) is 0 Å². The minimum absolute atomic E-state index is 0.341. The minimum atomic E-state index is 0.341. The third kappa shape index (κ3) is 3.00. The molecule has 1 aliphatic heterocycles. The summed E-state index contributed by atoms with van der Waals surface area (Å²) >= 11 is 1.76. The second-order valence-corrected chi connectivity index (χ2v) is 5.34. The molecule has 1 aliphatic rings. The van der Waals surface area contributed by atoms with Gasteiger partial charge in [0.15, 0.2) is 0 Å². The summed E-state index contributed by atoms with van der Waals surface area (Å²) in [6.45, 7) is 6.12. The van der Waals surface area contributed by atoms with Crippen LogP contribution in [0, 0.1) is 6.92 Å². The van der Waals surface area contributed by atoms with Crippen molar-refractivity contribution >= 4 is 11.3 Å². The zero-order valence-electron chi connectivity index (χ0n) is 9.32. The number of hydrogen-bond donors (Lipinski definition) is 1. The fourth-order valence-electron chi connectivity index (χ4n) is 1.77. The lowest BCUT2D eigenvalue weighted by molar-refractivity contribution is 0.108. The second kappa shape index (κ2) is 5.05. The molecular formula is C11H18N2OS. The number of aryl methyl sites for hydroxylation is 1. The van der Waals surface area contributed by atoms with Gasteiger partial charge in [-0.25, -0.2) is 4.98 Å². The van der Waals surface area contributed by atoms with Crippen molar-refractivity contribution in [1.82, 2.24) is 10.3 Å². The topological polar surface area (TPSA) is 34.2 Å². The van der Waals surface area contributed by atoms with Crippen LogP contribution in [0.25, 0.3) is 0 Å². The molecule has 0 aromatic carbocycles. The van der Waals surface area contributed by atoms with Crippen molar-refractivity contribution in [1.29, 1.82) is 0 Å². The Morgan fingerprint density at radius 3 is 3.20 bits per heavy atom. The van der Waals surface area contributed by atoms with Crippen LogP contribution >= 0.6 is 11.3 Å². The highest BCUT2D eigenvalue weighted by molar-refractivity contribution is 7.11. The first-order chi connectivity index (χ1) is 7.25. The van der Waals surface area contributed by atoms with E-state index in [4.69, 9.17) is 4.74 Å². The van der Waals surface area contributed by atoms with Gasteiger partial charge in [0.05, 0.1) is 12.1 Å². The van der Waals surface area contributed by atoms with Gasteiger partial charge in [0.2, 0.25) is 0 Å². The van der Waals surface area contributed by atoms with E-state index in [0.29, 0.717) is 12.1 Å². The molecule has 15 heavy (non-hydrogen) atoms. The molecule has 0 aliphatic carbocycles. The Kier molecular flexibility index (Phi) is 3.72. The smallest absolute Gasteiger partial charge is 0.109 e. The lowest BCUT2D eigenvalue weighted by Crippen LogP contribution is -2.28. The van der Waals surface area contributed by atoms with E-state index in [2.05, 4.69) is 24.1 Å². The Morgan fingerprint density at radius 1 is 1.73 bits per heavy atom. The van der Waals surface area contributed by atoms with Gasteiger partial charge in [0, 0.05) is 24.2 Å². The third-order valence-corrected chi connectivity index (χ3v) is 3.78. The molecule has 1 aromatic rings. The fourth-order valence-corrected chi connectivity index (χ4v) is 2.57. The summed E-state index contributed by atoms with van der Waals surface area (Å²) in [7, 11) is 0. The van der Waals surface area contributed by atoms with Crippen LogP contribution in [0.15, 0.2) is 6.20 Å². The molecule has 1 saturated heterocycles. The lowest BCUT2D eigenvalue weighted by Gasteiger charge is -2.14. The maximum atomic E-state index is 5.56. The monoisotopic (exact) mass is 226 g/mol. The number of aromatic nitrogens is 1. The lowest BCUT2D eigenvalue weighted by atomic mass is 10.2. The van der Waals surface area contributed by atoms with Crippen LogP contribution in [0.4, 0.5) is 0 Å².